The minimum Gasteiger partial charge on any atom is -0.378 e. The third kappa shape index (κ3) is 3.38. The van der Waals surface area contributed by atoms with Crippen LogP contribution in [0.1, 0.15) is 41.0 Å². The summed E-state index contributed by atoms with van der Waals surface area (Å²) in [4.78, 5) is 13.1. The van der Waals surface area contributed by atoms with Crippen molar-refractivity contribution < 1.29 is 4.79 Å². The molecule has 0 aliphatic heterocycles. The second-order valence-corrected chi connectivity index (χ2v) is 6.48. The predicted molar refractivity (Wildman–Crippen MR) is 96.0 cm³/mol. The maximum absolute atomic E-state index is 11.0. The molecule has 0 radical (unpaired) electrons. The number of aryl methyl sites for hydroxylation is 2. The number of allylic oxidation sites excluding steroid dienone is 1. The number of carbonyl (C=O) groups excluding carboxylic acids is 1. The Labute approximate surface area is 138 Å². The van der Waals surface area contributed by atoms with E-state index < -0.39 is 0 Å². The first-order chi connectivity index (χ1) is 11.2. The molecule has 0 heterocycles. The molecule has 1 unspecified atom stereocenters. The van der Waals surface area contributed by atoms with Crippen LogP contribution in [0, 0.1) is 0 Å². The first kappa shape index (κ1) is 15.6. The summed E-state index contributed by atoms with van der Waals surface area (Å²) in [7, 11) is 4.06. The first-order valence-electron chi connectivity index (χ1n) is 8.29. The van der Waals surface area contributed by atoms with E-state index in [1.54, 1.807) is 6.08 Å². The van der Waals surface area contributed by atoms with Gasteiger partial charge in [0, 0.05) is 31.8 Å². The highest BCUT2D eigenvalue weighted by Crippen LogP contribution is 2.30. The molecule has 1 aliphatic carbocycles. The molecule has 0 saturated heterocycles. The molecular weight excluding hydrogens is 282 g/mol. The van der Waals surface area contributed by atoms with Gasteiger partial charge in [0.25, 0.3) is 0 Å². The van der Waals surface area contributed by atoms with Crippen molar-refractivity contribution in [2.24, 2.45) is 0 Å². The van der Waals surface area contributed by atoms with Crippen molar-refractivity contribution >= 4 is 11.6 Å². The number of benzene rings is 2. The number of nitrogens with zero attached hydrogens (tertiary/aromatic N) is 1. The van der Waals surface area contributed by atoms with Gasteiger partial charge in [0.1, 0.15) is 5.94 Å². The van der Waals surface area contributed by atoms with E-state index in [0.717, 1.165) is 17.7 Å². The summed E-state index contributed by atoms with van der Waals surface area (Å²) in [6.07, 6.45) is 6.52. The molecule has 0 N–H and O–H groups in total. The van der Waals surface area contributed by atoms with Crippen LogP contribution >= 0.6 is 0 Å². The van der Waals surface area contributed by atoms with Gasteiger partial charge in [-0.1, -0.05) is 30.3 Å². The van der Waals surface area contributed by atoms with E-state index in [-0.39, 0.29) is 5.92 Å². The van der Waals surface area contributed by atoms with Crippen molar-refractivity contribution in [3.05, 3.63) is 70.8 Å². The lowest BCUT2D eigenvalue weighted by atomic mass is 9.85. The van der Waals surface area contributed by atoms with E-state index in [9.17, 15) is 4.79 Å². The predicted octanol–water partition coefficient (Wildman–Crippen LogP) is 4.15. The number of hydrogen-bond acceptors (Lipinski definition) is 2. The van der Waals surface area contributed by atoms with Crippen LogP contribution in [0.2, 0.25) is 0 Å². The Morgan fingerprint density at radius 3 is 2.26 bits per heavy atom. The van der Waals surface area contributed by atoms with Crippen molar-refractivity contribution in [1.29, 1.82) is 0 Å². The molecule has 2 nitrogen and oxygen atoms in total. The molecule has 2 aromatic rings. The molecule has 0 spiro atoms. The zero-order valence-corrected chi connectivity index (χ0v) is 13.9. The third-order valence-electron chi connectivity index (χ3n) is 4.73. The van der Waals surface area contributed by atoms with Crippen molar-refractivity contribution in [3.63, 3.8) is 0 Å². The van der Waals surface area contributed by atoms with E-state index in [1.165, 1.54) is 36.0 Å². The number of fused-ring (bicyclic) bond motifs is 1. The highest BCUT2D eigenvalue weighted by atomic mass is 16.1. The van der Waals surface area contributed by atoms with E-state index in [0.29, 0.717) is 0 Å². The molecule has 0 aromatic heterocycles. The largest absolute Gasteiger partial charge is 0.378 e. The lowest BCUT2D eigenvalue weighted by molar-refractivity contribution is 0.568. The zero-order chi connectivity index (χ0) is 16.2. The lowest BCUT2D eigenvalue weighted by Crippen LogP contribution is -2.09. The van der Waals surface area contributed by atoms with Crippen molar-refractivity contribution in [2.45, 2.75) is 31.6 Å². The summed E-state index contributed by atoms with van der Waals surface area (Å²) in [5.74, 6) is 1.98. The fourth-order valence-electron chi connectivity index (χ4n) is 3.38. The Balaban J connectivity index is 1.96. The molecule has 23 heavy (non-hydrogen) atoms. The summed E-state index contributed by atoms with van der Waals surface area (Å²) in [5, 5.41) is 0. The topological polar surface area (TPSA) is 20.3 Å². The molecule has 0 bridgehead atoms. The standard InChI is InChI=1S/C21H23NO/c1-22(2)20-11-9-17(10-12-20)21(13-14-23)19-8-7-16-5-3-4-6-18(16)15-19/h7-13,15,21H,3-6H2,1-2H3. The zero-order valence-electron chi connectivity index (χ0n) is 13.9. The molecule has 118 valence electrons. The Morgan fingerprint density at radius 2 is 1.61 bits per heavy atom. The summed E-state index contributed by atoms with van der Waals surface area (Å²) < 4.78 is 0. The van der Waals surface area contributed by atoms with Gasteiger partial charge in [0.05, 0.1) is 0 Å². The van der Waals surface area contributed by atoms with Crippen molar-refractivity contribution in [2.75, 3.05) is 19.0 Å². The fourth-order valence-corrected chi connectivity index (χ4v) is 3.38. The minimum atomic E-state index is -0.0176. The maximum Gasteiger partial charge on any atom is 0.121 e. The summed E-state index contributed by atoms with van der Waals surface area (Å²) in [6, 6.07) is 15.1. The third-order valence-corrected chi connectivity index (χ3v) is 4.73. The molecular formula is C21H23NO. The van der Waals surface area contributed by atoms with Crippen molar-refractivity contribution in [1.82, 2.24) is 0 Å². The molecule has 1 atom stereocenters. The van der Waals surface area contributed by atoms with Gasteiger partial charge in [0.15, 0.2) is 0 Å². The Morgan fingerprint density at radius 1 is 0.957 bits per heavy atom. The average Bonchev–Trinajstić information content (AvgIpc) is 2.59. The van der Waals surface area contributed by atoms with Crippen LogP contribution < -0.4 is 4.90 Å². The second kappa shape index (κ2) is 6.85. The second-order valence-electron chi connectivity index (χ2n) is 6.48. The molecule has 0 saturated carbocycles. The van der Waals surface area contributed by atoms with Gasteiger partial charge in [-0.2, -0.15) is 0 Å². The van der Waals surface area contributed by atoms with E-state index >= 15 is 0 Å². The minimum absolute atomic E-state index is 0.0176. The highest BCUT2D eigenvalue weighted by molar-refractivity contribution is 5.55. The van der Waals surface area contributed by atoms with Crippen LogP contribution in [-0.2, 0) is 17.6 Å². The Bertz CT molecular complexity index is 724. The Hall–Kier alpha value is -2.31. The van der Waals surface area contributed by atoms with Gasteiger partial charge in [-0.15, -0.1) is 0 Å². The molecule has 0 amide bonds. The number of hydrogen-bond donors (Lipinski definition) is 0. The lowest BCUT2D eigenvalue weighted by Gasteiger charge is -2.20. The normalized spacial score (nSPS) is 14.5. The molecule has 0 fully saturated rings. The van der Waals surface area contributed by atoms with Crippen LogP contribution in [0.3, 0.4) is 0 Å². The number of rotatable bonds is 4. The molecule has 2 heteroatoms. The van der Waals surface area contributed by atoms with Crippen LogP contribution in [-0.4, -0.2) is 20.0 Å². The molecule has 1 aliphatic rings. The van der Waals surface area contributed by atoms with Gasteiger partial charge in [-0.3, -0.25) is 0 Å². The summed E-state index contributed by atoms with van der Waals surface area (Å²) in [5.41, 5.74) is 6.40. The van der Waals surface area contributed by atoms with Crippen LogP contribution in [0.5, 0.6) is 0 Å². The van der Waals surface area contributed by atoms with Crippen LogP contribution in [0.4, 0.5) is 5.69 Å². The van der Waals surface area contributed by atoms with Gasteiger partial charge in [-0.05, 0) is 60.1 Å². The monoisotopic (exact) mass is 305 g/mol. The summed E-state index contributed by atoms with van der Waals surface area (Å²) >= 11 is 0. The van der Waals surface area contributed by atoms with Gasteiger partial charge in [0.2, 0.25) is 0 Å². The Kier molecular flexibility index (Phi) is 4.64. The smallest absolute Gasteiger partial charge is 0.121 e. The first-order valence-corrected chi connectivity index (χ1v) is 8.29. The maximum atomic E-state index is 11.0. The average molecular weight is 305 g/mol. The van der Waals surface area contributed by atoms with E-state index in [1.807, 2.05) is 20.0 Å². The quantitative estimate of drug-likeness (QED) is 0.791. The summed E-state index contributed by atoms with van der Waals surface area (Å²) in [6.45, 7) is 0. The highest BCUT2D eigenvalue weighted by Gasteiger charge is 2.16. The van der Waals surface area contributed by atoms with Crippen LogP contribution in [0.15, 0.2) is 48.5 Å². The fraction of sp³-hybridized carbons (Fsp3) is 0.333. The molecule has 2 aromatic carbocycles. The van der Waals surface area contributed by atoms with Gasteiger partial charge >= 0.3 is 0 Å². The van der Waals surface area contributed by atoms with E-state index in [4.69, 9.17) is 0 Å². The van der Waals surface area contributed by atoms with Gasteiger partial charge < -0.3 is 4.90 Å². The van der Waals surface area contributed by atoms with Crippen molar-refractivity contribution in [3.8, 4) is 0 Å². The SMILES string of the molecule is CN(C)c1ccc(C(C=C=O)c2ccc3c(c2)CCCC3)cc1. The van der Waals surface area contributed by atoms with Crippen LogP contribution in [0.25, 0.3) is 0 Å². The number of anilines is 1. The molecule has 3 rings (SSSR count). The van der Waals surface area contributed by atoms with E-state index in [2.05, 4.69) is 47.4 Å². The van der Waals surface area contributed by atoms with Gasteiger partial charge in [-0.25, -0.2) is 4.79 Å².